The molecule has 33 heavy (non-hydrogen) atoms. The van der Waals surface area contributed by atoms with Crippen molar-refractivity contribution in [1.82, 2.24) is 4.57 Å². The first kappa shape index (κ1) is 22.9. The lowest BCUT2D eigenvalue weighted by Gasteiger charge is -2.09. The zero-order chi connectivity index (χ0) is 23.4. The van der Waals surface area contributed by atoms with Crippen LogP contribution in [0.2, 0.25) is 0 Å². The minimum atomic E-state index is -3.86. The zero-order valence-electron chi connectivity index (χ0n) is 17.7. The van der Waals surface area contributed by atoms with Gasteiger partial charge >= 0.3 is 0 Å². The Kier molecular flexibility index (Phi) is 6.70. The fourth-order valence-electron chi connectivity index (χ4n) is 3.21. The van der Waals surface area contributed by atoms with Crippen molar-refractivity contribution in [3.63, 3.8) is 0 Å². The van der Waals surface area contributed by atoms with Crippen molar-refractivity contribution in [1.29, 1.82) is 0 Å². The largest absolute Gasteiger partial charge is 0.457 e. The number of carbonyl (C=O) groups is 1. The molecule has 1 amide bonds. The summed E-state index contributed by atoms with van der Waals surface area (Å²) in [6.45, 7) is 0.817. The van der Waals surface area contributed by atoms with E-state index in [1.807, 2.05) is 22.8 Å². The summed E-state index contributed by atoms with van der Waals surface area (Å²) >= 11 is 1.20. The molecule has 4 rings (SSSR count). The van der Waals surface area contributed by atoms with Crippen LogP contribution in [0.1, 0.15) is 10.4 Å². The summed E-state index contributed by atoms with van der Waals surface area (Å²) in [6.07, 6.45) is 0. The van der Waals surface area contributed by atoms with E-state index in [2.05, 4.69) is 4.99 Å². The number of thiazole rings is 1. The molecule has 0 spiro atoms. The van der Waals surface area contributed by atoms with Gasteiger partial charge in [0, 0.05) is 13.7 Å². The summed E-state index contributed by atoms with van der Waals surface area (Å²) in [5.41, 5.74) is 1.03. The van der Waals surface area contributed by atoms with Gasteiger partial charge in [-0.15, -0.1) is 0 Å². The summed E-state index contributed by atoms with van der Waals surface area (Å²) in [5, 5.41) is 5.27. The quantitative estimate of drug-likeness (QED) is 0.432. The van der Waals surface area contributed by atoms with Crippen LogP contribution < -0.4 is 14.7 Å². The first-order valence-corrected chi connectivity index (χ1v) is 12.3. The fourth-order valence-corrected chi connectivity index (χ4v) is 4.92. The van der Waals surface area contributed by atoms with Crippen molar-refractivity contribution in [3.8, 4) is 11.5 Å². The number of amides is 1. The van der Waals surface area contributed by atoms with Crippen LogP contribution >= 0.6 is 11.3 Å². The minimum Gasteiger partial charge on any atom is -0.457 e. The Morgan fingerprint density at radius 1 is 1.06 bits per heavy atom. The number of primary sulfonamides is 1. The van der Waals surface area contributed by atoms with Gasteiger partial charge < -0.3 is 14.0 Å². The number of para-hydroxylation sites is 2. The Labute approximate surface area is 194 Å². The number of rotatable bonds is 7. The van der Waals surface area contributed by atoms with Gasteiger partial charge in [0.15, 0.2) is 4.80 Å². The molecule has 0 aliphatic carbocycles. The van der Waals surface area contributed by atoms with Crippen molar-refractivity contribution >= 4 is 37.5 Å². The number of nitrogens with zero attached hydrogens (tertiary/aromatic N) is 2. The molecule has 170 valence electrons. The highest BCUT2D eigenvalue weighted by Gasteiger charge is 2.16. The summed E-state index contributed by atoms with van der Waals surface area (Å²) in [4.78, 5) is 17.9. The van der Waals surface area contributed by atoms with E-state index in [-0.39, 0.29) is 4.90 Å². The van der Waals surface area contributed by atoms with E-state index in [1.165, 1.54) is 23.5 Å². The molecule has 0 unspecified atom stereocenters. The van der Waals surface area contributed by atoms with Gasteiger partial charge in [0.25, 0.3) is 5.91 Å². The molecule has 1 aromatic heterocycles. The van der Waals surface area contributed by atoms with Crippen LogP contribution in [-0.2, 0) is 21.3 Å². The summed E-state index contributed by atoms with van der Waals surface area (Å²) in [5.74, 6) is 0.509. The Morgan fingerprint density at radius 2 is 1.79 bits per heavy atom. The number of hydrogen-bond acceptors (Lipinski definition) is 6. The molecule has 4 aromatic rings. The molecule has 0 radical (unpaired) electrons. The van der Waals surface area contributed by atoms with Crippen LogP contribution in [0.5, 0.6) is 11.5 Å². The molecule has 0 aliphatic heterocycles. The van der Waals surface area contributed by atoms with Crippen LogP contribution in [0.4, 0.5) is 0 Å². The summed E-state index contributed by atoms with van der Waals surface area (Å²) in [7, 11) is -2.28. The standard InChI is InChI=1S/C23H21N3O5S2/c1-30-14-13-26-19-12-11-17(33(24,28)29)15-21(19)32-23(26)25-22(27)18-9-5-6-10-20(18)31-16-7-3-2-4-8-16/h2-12,15H,13-14H2,1H3,(H2,24,28,29). The smallest absolute Gasteiger partial charge is 0.283 e. The number of sulfonamides is 1. The predicted molar refractivity (Wildman–Crippen MR) is 126 cm³/mol. The molecular weight excluding hydrogens is 462 g/mol. The molecule has 0 aliphatic rings. The third-order valence-corrected chi connectivity index (χ3v) is 6.74. The van der Waals surface area contributed by atoms with Gasteiger partial charge in [0.2, 0.25) is 10.0 Å². The van der Waals surface area contributed by atoms with Gasteiger partial charge in [-0.05, 0) is 42.5 Å². The number of ether oxygens (including phenoxy) is 2. The van der Waals surface area contributed by atoms with Gasteiger partial charge in [-0.3, -0.25) is 4.79 Å². The average Bonchev–Trinajstić information content (AvgIpc) is 3.14. The summed E-state index contributed by atoms with van der Waals surface area (Å²) in [6, 6.07) is 20.6. The van der Waals surface area contributed by atoms with E-state index in [0.29, 0.717) is 39.7 Å². The van der Waals surface area contributed by atoms with Crippen molar-refractivity contribution in [2.24, 2.45) is 10.1 Å². The molecule has 2 N–H and O–H groups in total. The Morgan fingerprint density at radius 3 is 2.52 bits per heavy atom. The Balaban J connectivity index is 1.79. The molecule has 0 saturated heterocycles. The van der Waals surface area contributed by atoms with Gasteiger partial charge in [0.1, 0.15) is 11.5 Å². The lowest BCUT2D eigenvalue weighted by Crippen LogP contribution is -2.19. The fraction of sp³-hybridized carbons (Fsp3) is 0.130. The highest BCUT2D eigenvalue weighted by Crippen LogP contribution is 2.26. The number of hydrogen-bond donors (Lipinski definition) is 1. The first-order chi connectivity index (χ1) is 15.9. The maximum Gasteiger partial charge on any atom is 0.283 e. The van der Waals surface area contributed by atoms with Crippen LogP contribution in [-0.4, -0.2) is 32.6 Å². The predicted octanol–water partition coefficient (Wildman–Crippen LogP) is 3.53. The van der Waals surface area contributed by atoms with E-state index >= 15 is 0 Å². The van der Waals surface area contributed by atoms with Crippen LogP contribution in [0, 0.1) is 0 Å². The van der Waals surface area contributed by atoms with Gasteiger partial charge in [-0.25, -0.2) is 13.6 Å². The average molecular weight is 484 g/mol. The first-order valence-electron chi connectivity index (χ1n) is 9.93. The lowest BCUT2D eigenvalue weighted by atomic mass is 10.2. The molecule has 1 heterocycles. The second kappa shape index (κ2) is 9.67. The molecule has 0 saturated carbocycles. The summed E-state index contributed by atoms with van der Waals surface area (Å²) < 4.78 is 37.0. The third kappa shape index (κ3) is 5.20. The minimum absolute atomic E-state index is 0.00498. The topological polar surface area (TPSA) is 113 Å². The third-order valence-electron chi connectivity index (χ3n) is 4.79. The molecule has 10 heteroatoms. The SMILES string of the molecule is COCCn1c(=NC(=O)c2ccccc2Oc2ccccc2)sc2cc(S(N)(=O)=O)ccc21. The molecular formula is C23H21N3O5S2. The van der Waals surface area contributed by atoms with Crippen molar-refractivity contribution in [2.45, 2.75) is 11.4 Å². The highest BCUT2D eigenvalue weighted by molar-refractivity contribution is 7.89. The van der Waals surface area contributed by atoms with Gasteiger partial charge in [-0.2, -0.15) is 4.99 Å². The molecule has 0 atom stereocenters. The Bertz CT molecular complexity index is 1480. The Hall–Kier alpha value is -3.31. The number of benzene rings is 3. The number of aromatic nitrogens is 1. The molecule has 8 nitrogen and oxygen atoms in total. The molecule has 0 fully saturated rings. The van der Waals surface area contributed by atoms with E-state index in [4.69, 9.17) is 14.6 Å². The molecule has 3 aromatic carbocycles. The van der Waals surface area contributed by atoms with Crippen LogP contribution in [0.15, 0.2) is 82.7 Å². The number of fused-ring (bicyclic) bond motifs is 1. The van der Waals surface area contributed by atoms with E-state index in [1.54, 1.807) is 49.6 Å². The normalized spacial score (nSPS) is 12.2. The molecule has 0 bridgehead atoms. The maximum atomic E-state index is 13.2. The number of carbonyl (C=O) groups excluding carboxylic acids is 1. The van der Waals surface area contributed by atoms with Crippen molar-refractivity contribution in [2.75, 3.05) is 13.7 Å². The monoisotopic (exact) mass is 483 g/mol. The maximum absolute atomic E-state index is 13.2. The highest BCUT2D eigenvalue weighted by atomic mass is 32.2. The van der Waals surface area contributed by atoms with Crippen LogP contribution in [0.25, 0.3) is 10.2 Å². The second-order valence-electron chi connectivity index (χ2n) is 7.03. The van der Waals surface area contributed by atoms with E-state index in [9.17, 15) is 13.2 Å². The lowest BCUT2D eigenvalue weighted by molar-refractivity contribution is 0.0995. The second-order valence-corrected chi connectivity index (χ2v) is 9.60. The van der Waals surface area contributed by atoms with Crippen molar-refractivity contribution < 1.29 is 22.7 Å². The van der Waals surface area contributed by atoms with E-state index in [0.717, 1.165) is 5.52 Å². The van der Waals surface area contributed by atoms with Gasteiger partial charge in [0.05, 0.1) is 27.3 Å². The van der Waals surface area contributed by atoms with Gasteiger partial charge in [-0.1, -0.05) is 41.7 Å². The number of nitrogens with two attached hydrogens (primary N) is 1. The zero-order valence-corrected chi connectivity index (χ0v) is 19.3. The van der Waals surface area contributed by atoms with E-state index < -0.39 is 15.9 Å². The number of methoxy groups -OCH3 is 1. The van der Waals surface area contributed by atoms with Crippen LogP contribution in [0.3, 0.4) is 0 Å². The van der Waals surface area contributed by atoms with Crippen molar-refractivity contribution in [3.05, 3.63) is 83.2 Å².